The smallest absolute Gasteiger partial charge is 0.290 e. The van der Waals surface area contributed by atoms with Crippen molar-refractivity contribution in [2.75, 3.05) is 18.2 Å². The zero-order valence-corrected chi connectivity index (χ0v) is 17.7. The predicted molar refractivity (Wildman–Crippen MR) is 127 cm³/mol. The summed E-state index contributed by atoms with van der Waals surface area (Å²) in [4.78, 5) is 24.2. The van der Waals surface area contributed by atoms with Crippen molar-refractivity contribution in [1.82, 2.24) is 4.98 Å². The maximum atomic E-state index is 11.4. The summed E-state index contributed by atoms with van der Waals surface area (Å²) in [6.45, 7) is 1.24. The van der Waals surface area contributed by atoms with E-state index in [1.807, 2.05) is 54.6 Å². The molecule has 4 rings (SSSR count). The van der Waals surface area contributed by atoms with Gasteiger partial charge in [-0.25, -0.2) is 4.98 Å². The Kier molecular flexibility index (Phi) is 7.02. The van der Waals surface area contributed by atoms with Crippen molar-refractivity contribution in [2.45, 2.75) is 6.92 Å². The van der Waals surface area contributed by atoms with Crippen LogP contribution >= 0.6 is 0 Å². The van der Waals surface area contributed by atoms with Gasteiger partial charge in [0.2, 0.25) is 5.91 Å². The van der Waals surface area contributed by atoms with Gasteiger partial charge in [0.1, 0.15) is 11.6 Å². The number of nitrogens with zero attached hydrogens (tertiary/aromatic N) is 1. The van der Waals surface area contributed by atoms with Gasteiger partial charge in [-0.2, -0.15) is 0 Å². The monoisotopic (exact) mass is 429 g/mol. The molecule has 7 nitrogen and oxygen atoms in total. The number of carbonyl (C=O) groups is 2. The van der Waals surface area contributed by atoms with Gasteiger partial charge >= 0.3 is 0 Å². The van der Waals surface area contributed by atoms with E-state index in [9.17, 15) is 4.79 Å². The quantitative estimate of drug-likeness (QED) is 0.401. The molecular formula is C25H23N3O4. The van der Waals surface area contributed by atoms with Crippen LogP contribution in [0.25, 0.3) is 33.0 Å². The average Bonchev–Trinajstić information content (AvgIpc) is 2.79. The molecule has 0 saturated carbocycles. The third-order valence-electron chi connectivity index (χ3n) is 4.82. The Morgan fingerprint density at radius 3 is 2.41 bits per heavy atom. The SMILES string of the molecule is COc1cccc(-c2ccc3c(-c4cccc(NC(C)=O)c4)cnc(N)c3c2)c1.O=CO. The molecule has 0 aliphatic carbocycles. The van der Waals surface area contributed by atoms with Crippen molar-refractivity contribution in [3.05, 3.63) is 72.9 Å². The largest absolute Gasteiger partial charge is 0.497 e. The number of fused-ring (bicyclic) bond motifs is 1. The number of nitrogens with one attached hydrogen (secondary N) is 1. The fourth-order valence-corrected chi connectivity index (χ4v) is 3.44. The zero-order valence-electron chi connectivity index (χ0n) is 17.7. The van der Waals surface area contributed by atoms with E-state index in [4.69, 9.17) is 20.4 Å². The number of anilines is 2. The molecule has 3 aromatic carbocycles. The van der Waals surface area contributed by atoms with Gasteiger partial charge in [0, 0.05) is 29.8 Å². The van der Waals surface area contributed by atoms with Crippen molar-refractivity contribution < 1.29 is 19.4 Å². The summed E-state index contributed by atoms with van der Waals surface area (Å²) in [5.41, 5.74) is 11.0. The number of pyridine rings is 1. The van der Waals surface area contributed by atoms with E-state index in [1.54, 1.807) is 13.3 Å². The Bertz CT molecular complexity index is 1270. The molecule has 0 fully saturated rings. The molecule has 1 amide bonds. The van der Waals surface area contributed by atoms with E-state index in [0.717, 1.165) is 44.5 Å². The Morgan fingerprint density at radius 1 is 1.00 bits per heavy atom. The highest BCUT2D eigenvalue weighted by molar-refractivity contribution is 6.03. The molecule has 0 aliphatic rings. The second-order valence-electron chi connectivity index (χ2n) is 6.92. The number of ether oxygens (including phenoxy) is 1. The molecule has 0 radical (unpaired) electrons. The van der Waals surface area contributed by atoms with Gasteiger partial charge in [-0.05, 0) is 52.4 Å². The number of nitrogen functional groups attached to an aromatic ring is 1. The molecule has 162 valence electrons. The molecular weight excluding hydrogens is 406 g/mol. The van der Waals surface area contributed by atoms with Gasteiger partial charge in [-0.3, -0.25) is 9.59 Å². The summed E-state index contributed by atoms with van der Waals surface area (Å²) in [6, 6.07) is 21.8. The van der Waals surface area contributed by atoms with E-state index >= 15 is 0 Å². The minimum atomic E-state index is -0.250. The van der Waals surface area contributed by atoms with Crippen molar-refractivity contribution >= 4 is 34.7 Å². The van der Waals surface area contributed by atoms with Gasteiger partial charge in [-0.15, -0.1) is 0 Å². The Balaban J connectivity index is 0.000000913. The molecule has 4 N–H and O–H groups in total. The summed E-state index contributed by atoms with van der Waals surface area (Å²) >= 11 is 0. The van der Waals surface area contributed by atoms with Gasteiger partial charge in [0.25, 0.3) is 6.47 Å². The van der Waals surface area contributed by atoms with Crippen molar-refractivity contribution in [1.29, 1.82) is 0 Å². The molecule has 0 unspecified atom stereocenters. The summed E-state index contributed by atoms with van der Waals surface area (Å²) < 4.78 is 5.34. The first kappa shape index (κ1) is 22.3. The maximum absolute atomic E-state index is 11.4. The lowest BCUT2D eigenvalue weighted by Gasteiger charge is -2.12. The van der Waals surface area contributed by atoms with Crippen LogP contribution in [0, 0.1) is 0 Å². The summed E-state index contributed by atoms with van der Waals surface area (Å²) in [6.07, 6.45) is 1.77. The second-order valence-corrected chi connectivity index (χ2v) is 6.92. The van der Waals surface area contributed by atoms with Crippen molar-refractivity contribution in [3.63, 3.8) is 0 Å². The number of rotatable bonds is 4. The minimum absolute atomic E-state index is 0.106. The highest BCUT2D eigenvalue weighted by atomic mass is 16.5. The first-order valence-corrected chi connectivity index (χ1v) is 9.75. The van der Waals surface area contributed by atoms with Crippen LogP contribution in [0.15, 0.2) is 72.9 Å². The standard InChI is InChI=1S/C24H21N3O2.CH2O2/c1-15(28)27-19-7-3-6-18(11-19)23-14-26-24(25)22-13-17(9-10-21(22)23)16-5-4-8-20(12-16)29-2;2-1-3/h3-14H,1-2H3,(H2,25,26)(H,27,28);1H,(H,2,3). The fraction of sp³-hybridized carbons (Fsp3) is 0.0800. The van der Waals surface area contributed by atoms with Crippen LogP contribution in [0.4, 0.5) is 11.5 Å². The molecule has 0 bridgehead atoms. The number of carbonyl (C=O) groups excluding carboxylic acids is 1. The molecule has 1 heterocycles. The number of aromatic nitrogens is 1. The van der Waals surface area contributed by atoms with Crippen LogP contribution < -0.4 is 15.8 Å². The summed E-state index contributed by atoms with van der Waals surface area (Å²) in [5, 5.41) is 11.6. The van der Waals surface area contributed by atoms with Gasteiger partial charge in [0.15, 0.2) is 0 Å². The minimum Gasteiger partial charge on any atom is -0.497 e. The molecule has 0 spiro atoms. The van der Waals surface area contributed by atoms with Crippen LogP contribution in [-0.4, -0.2) is 29.6 Å². The molecule has 32 heavy (non-hydrogen) atoms. The fourth-order valence-electron chi connectivity index (χ4n) is 3.44. The van der Waals surface area contributed by atoms with Crippen LogP contribution in [0.2, 0.25) is 0 Å². The number of carboxylic acid groups (broad SMARTS) is 1. The van der Waals surface area contributed by atoms with Crippen molar-refractivity contribution in [2.24, 2.45) is 0 Å². The Labute approximate surface area is 185 Å². The van der Waals surface area contributed by atoms with Gasteiger partial charge in [-0.1, -0.05) is 36.4 Å². The zero-order chi connectivity index (χ0) is 23.1. The first-order chi connectivity index (χ1) is 15.5. The van der Waals surface area contributed by atoms with Crippen molar-refractivity contribution in [3.8, 4) is 28.0 Å². The predicted octanol–water partition coefficient (Wildman–Crippen LogP) is 4.82. The first-order valence-electron chi connectivity index (χ1n) is 9.75. The number of nitrogens with two attached hydrogens (primary N) is 1. The maximum Gasteiger partial charge on any atom is 0.290 e. The molecule has 0 saturated heterocycles. The number of hydrogen-bond acceptors (Lipinski definition) is 5. The van der Waals surface area contributed by atoms with Crippen LogP contribution in [0.3, 0.4) is 0 Å². The third-order valence-corrected chi connectivity index (χ3v) is 4.82. The number of hydrogen-bond donors (Lipinski definition) is 3. The second kappa shape index (κ2) is 10.1. The molecule has 0 atom stereocenters. The molecule has 0 aliphatic heterocycles. The van der Waals surface area contributed by atoms with E-state index in [-0.39, 0.29) is 12.4 Å². The molecule has 1 aromatic heterocycles. The van der Waals surface area contributed by atoms with E-state index in [1.165, 1.54) is 6.92 Å². The van der Waals surface area contributed by atoms with Gasteiger partial charge < -0.3 is 20.9 Å². The van der Waals surface area contributed by atoms with E-state index in [2.05, 4.69) is 22.4 Å². The topological polar surface area (TPSA) is 115 Å². The number of benzene rings is 3. The van der Waals surface area contributed by atoms with Crippen LogP contribution in [0.1, 0.15) is 6.92 Å². The lowest BCUT2D eigenvalue weighted by molar-refractivity contribution is -0.123. The third kappa shape index (κ3) is 5.02. The summed E-state index contributed by atoms with van der Waals surface area (Å²) in [7, 11) is 1.66. The van der Waals surface area contributed by atoms with E-state index in [0.29, 0.717) is 5.82 Å². The lowest BCUT2D eigenvalue weighted by atomic mass is 9.96. The number of methoxy groups -OCH3 is 1. The van der Waals surface area contributed by atoms with Crippen LogP contribution in [-0.2, 0) is 9.59 Å². The molecule has 4 aromatic rings. The summed E-state index contributed by atoms with van der Waals surface area (Å²) in [5.74, 6) is 1.18. The van der Waals surface area contributed by atoms with Gasteiger partial charge in [0.05, 0.1) is 7.11 Å². The average molecular weight is 429 g/mol. The Hall–Kier alpha value is -4.39. The highest BCUT2D eigenvalue weighted by Crippen LogP contribution is 2.35. The van der Waals surface area contributed by atoms with E-state index < -0.39 is 0 Å². The lowest BCUT2D eigenvalue weighted by Crippen LogP contribution is -2.05. The number of amides is 1. The van der Waals surface area contributed by atoms with Crippen LogP contribution in [0.5, 0.6) is 5.75 Å². The molecule has 7 heteroatoms. The highest BCUT2D eigenvalue weighted by Gasteiger charge is 2.10. The Morgan fingerprint density at radius 2 is 1.69 bits per heavy atom. The normalized spacial score (nSPS) is 10.1.